The lowest BCUT2D eigenvalue weighted by Crippen LogP contribution is -2.43. The van der Waals surface area contributed by atoms with Crippen LogP contribution in [0.25, 0.3) is 11.1 Å². The molecule has 1 fully saturated rings. The average Bonchev–Trinajstić information content (AvgIpc) is 2.73. The Kier molecular flexibility index (Phi) is 3.23. The van der Waals surface area contributed by atoms with Gasteiger partial charge in [-0.05, 0) is 43.4 Å². The number of amides is 1. The van der Waals surface area contributed by atoms with Crippen molar-refractivity contribution in [3.63, 3.8) is 0 Å². The molecule has 1 amide bonds. The number of piperidine rings is 1. The fraction of sp³-hybridized carbons (Fsp3) is 0.467. The van der Waals surface area contributed by atoms with Crippen LogP contribution < -0.4 is 5.76 Å². The standard InChI is InChI=1S/C15H18N2O4/c1-9-7-11(5-6-17(9)14(18)19)10-3-4-12-13(8-10)21-15(20)16(12)2/h3-4,8-9,11H,5-7H2,1-2H3,(H,18,19)/t9-,11?/m0/s1. The number of aromatic nitrogens is 1. The van der Waals surface area contributed by atoms with E-state index in [-0.39, 0.29) is 11.8 Å². The quantitative estimate of drug-likeness (QED) is 0.875. The Labute approximate surface area is 121 Å². The first-order valence-corrected chi connectivity index (χ1v) is 7.06. The van der Waals surface area contributed by atoms with Gasteiger partial charge in [0.15, 0.2) is 5.58 Å². The second-order valence-electron chi connectivity index (χ2n) is 5.70. The molecule has 1 aliphatic heterocycles. The van der Waals surface area contributed by atoms with Crippen LogP contribution in [0.3, 0.4) is 0 Å². The van der Waals surface area contributed by atoms with E-state index in [4.69, 9.17) is 9.52 Å². The summed E-state index contributed by atoms with van der Waals surface area (Å²) in [4.78, 5) is 24.1. The highest BCUT2D eigenvalue weighted by Gasteiger charge is 2.29. The minimum Gasteiger partial charge on any atom is -0.465 e. The number of rotatable bonds is 1. The zero-order valence-corrected chi connectivity index (χ0v) is 12.1. The smallest absolute Gasteiger partial charge is 0.419 e. The van der Waals surface area contributed by atoms with Gasteiger partial charge in [0, 0.05) is 19.6 Å². The van der Waals surface area contributed by atoms with Gasteiger partial charge in [-0.2, -0.15) is 0 Å². The number of aryl methyl sites for hydroxylation is 1. The number of carboxylic acid groups (broad SMARTS) is 1. The van der Waals surface area contributed by atoms with Gasteiger partial charge in [0.1, 0.15) is 0 Å². The van der Waals surface area contributed by atoms with Gasteiger partial charge in [-0.25, -0.2) is 9.59 Å². The van der Waals surface area contributed by atoms with Crippen LogP contribution in [0, 0.1) is 0 Å². The van der Waals surface area contributed by atoms with E-state index in [2.05, 4.69) is 0 Å². The van der Waals surface area contributed by atoms with Crippen LogP contribution in [0.2, 0.25) is 0 Å². The third kappa shape index (κ3) is 2.30. The highest BCUT2D eigenvalue weighted by molar-refractivity contribution is 5.74. The Hall–Kier alpha value is -2.24. The van der Waals surface area contributed by atoms with Crippen molar-refractivity contribution in [1.29, 1.82) is 0 Å². The predicted octanol–water partition coefficient (Wildman–Crippen LogP) is 2.38. The minimum absolute atomic E-state index is 0.000251. The molecule has 1 saturated heterocycles. The fourth-order valence-corrected chi connectivity index (χ4v) is 3.16. The molecule has 21 heavy (non-hydrogen) atoms. The summed E-state index contributed by atoms with van der Waals surface area (Å²) >= 11 is 0. The molecular formula is C15H18N2O4. The molecule has 3 rings (SSSR count). The molecule has 2 atom stereocenters. The minimum atomic E-state index is -0.856. The van der Waals surface area contributed by atoms with Gasteiger partial charge in [0.25, 0.3) is 0 Å². The largest absolute Gasteiger partial charge is 0.465 e. The highest BCUT2D eigenvalue weighted by Crippen LogP contribution is 2.32. The van der Waals surface area contributed by atoms with E-state index in [1.54, 1.807) is 7.05 Å². The van der Waals surface area contributed by atoms with Crippen LogP contribution >= 0.6 is 0 Å². The second kappa shape index (κ2) is 4.95. The molecule has 1 N–H and O–H groups in total. The molecule has 0 radical (unpaired) electrons. The lowest BCUT2D eigenvalue weighted by atomic mass is 9.86. The fourth-order valence-electron chi connectivity index (χ4n) is 3.16. The Balaban J connectivity index is 1.88. The maximum Gasteiger partial charge on any atom is 0.419 e. The topological polar surface area (TPSA) is 75.7 Å². The number of carbonyl (C=O) groups is 1. The van der Waals surface area contributed by atoms with E-state index < -0.39 is 6.09 Å². The summed E-state index contributed by atoms with van der Waals surface area (Å²) < 4.78 is 6.70. The monoisotopic (exact) mass is 290 g/mol. The maximum absolute atomic E-state index is 11.5. The Morgan fingerprint density at radius 3 is 2.86 bits per heavy atom. The molecule has 6 nitrogen and oxygen atoms in total. The normalized spacial score (nSPS) is 22.7. The third-order valence-electron chi connectivity index (χ3n) is 4.41. The molecule has 112 valence electrons. The molecule has 0 bridgehead atoms. The van der Waals surface area contributed by atoms with Crippen molar-refractivity contribution in [3.05, 3.63) is 34.3 Å². The molecule has 1 aromatic heterocycles. The van der Waals surface area contributed by atoms with Crippen molar-refractivity contribution in [3.8, 4) is 0 Å². The molecule has 2 heterocycles. The van der Waals surface area contributed by atoms with E-state index in [9.17, 15) is 9.59 Å². The molecule has 1 aliphatic rings. The molecular weight excluding hydrogens is 272 g/mol. The van der Waals surface area contributed by atoms with Gasteiger partial charge in [0.2, 0.25) is 0 Å². The van der Waals surface area contributed by atoms with Gasteiger partial charge in [-0.1, -0.05) is 6.07 Å². The van der Waals surface area contributed by atoms with Crippen LogP contribution in [0.5, 0.6) is 0 Å². The molecule has 0 aliphatic carbocycles. The lowest BCUT2D eigenvalue weighted by Gasteiger charge is -2.36. The number of hydrogen-bond acceptors (Lipinski definition) is 3. The zero-order chi connectivity index (χ0) is 15.1. The Bertz CT molecular complexity index is 746. The Morgan fingerprint density at radius 1 is 1.43 bits per heavy atom. The number of nitrogens with zero attached hydrogens (tertiary/aromatic N) is 2. The summed E-state index contributed by atoms with van der Waals surface area (Å²) in [5, 5.41) is 9.11. The number of likely N-dealkylation sites (tertiary alicyclic amines) is 1. The molecule has 0 saturated carbocycles. The van der Waals surface area contributed by atoms with Gasteiger partial charge < -0.3 is 14.4 Å². The van der Waals surface area contributed by atoms with Crippen LogP contribution in [-0.2, 0) is 7.05 Å². The summed E-state index contributed by atoms with van der Waals surface area (Å²) in [5.74, 6) is -0.0678. The van der Waals surface area contributed by atoms with Crippen molar-refractivity contribution in [1.82, 2.24) is 9.47 Å². The predicted molar refractivity (Wildman–Crippen MR) is 77.6 cm³/mol. The third-order valence-corrected chi connectivity index (χ3v) is 4.41. The molecule has 6 heteroatoms. The second-order valence-corrected chi connectivity index (χ2v) is 5.70. The van der Waals surface area contributed by atoms with Crippen LogP contribution in [0.1, 0.15) is 31.2 Å². The molecule has 0 spiro atoms. The summed E-state index contributed by atoms with van der Waals surface area (Å²) in [5.41, 5.74) is 2.47. The first-order chi connectivity index (χ1) is 9.97. The van der Waals surface area contributed by atoms with Crippen molar-refractivity contribution < 1.29 is 14.3 Å². The van der Waals surface area contributed by atoms with Crippen molar-refractivity contribution in [2.75, 3.05) is 6.54 Å². The van der Waals surface area contributed by atoms with E-state index in [0.29, 0.717) is 18.0 Å². The first kappa shape index (κ1) is 13.7. The highest BCUT2D eigenvalue weighted by atomic mass is 16.4. The summed E-state index contributed by atoms with van der Waals surface area (Å²) in [7, 11) is 1.68. The van der Waals surface area contributed by atoms with Crippen molar-refractivity contribution in [2.24, 2.45) is 7.05 Å². The number of oxazole rings is 1. The maximum atomic E-state index is 11.5. The zero-order valence-electron chi connectivity index (χ0n) is 12.1. The van der Waals surface area contributed by atoms with Crippen molar-refractivity contribution >= 4 is 17.2 Å². The Morgan fingerprint density at radius 2 is 2.19 bits per heavy atom. The SMILES string of the molecule is C[C@H]1CC(c2ccc3c(c2)oc(=O)n3C)CCN1C(=O)O. The van der Waals surface area contributed by atoms with Crippen LogP contribution in [0.15, 0.2) is 27.4 Å². The molecule has 1 unspecified atom stereocenters. The molecule has 1 aromatic carbocycles. The summed E-state index contributed by atoms with van der Waals surface area (Å²) in [6.07, 6.45) is 0.721. The van der Waals surface area contributed by atoms with Gasteiger partial charge >= 0.3 is 11.8 Å². The number of fused-ring (bicyclic) bond motifs is 1. The number of benzene rings is 1. The van der Waals surface area contributed by atoms with E-state index >= 15 is 0 Å². The average molecular weight is 290 g/mol. The van der Waals surface area contributed by atoms with E-state index in [1.807, 2.05) is 25.1 Å². The van der Waals surface area contributed by atoms with E-state index in [0.717, 1.165) is 23.9 Å². The molecule has 2 aromatic rings. The van der Waals surface area contributed by atoms with E-state index in [1.165, 1.54) is 9.47 Å². The van der Waals surface area contributed by atoms with Gasteiger partial charge in [-0.3, -0.25) is 4.57 Å². The number of hydrogen-bond donors (Lipinski definition) is 1. The lowest BCUT2D eigenvalue weighted by molar-refractivity contribution is 0.107. The van der Waals surface area contributed by atoms with Crippen molar-refractivity contribution in [2.45, 2.75) is 31.7 Å². The van der Waals surface area contributed by atoms with Gasteiger partial charge in [0.05, 0.1) is 5.52 Å². The summed E-state index contributed by atoms with van der Waals surface area (Å²) in [6.45, 7) is 2.47. The van der Waals surface area contributed by atoms with Gasteiger partial charge in [-0.15, -0.1) is 0 Å². The van der Waals surface area contributed by atoms with Crippen LogP contribution in [0.4, 0.5) is 4.79 Å². The van der Waals surface area contributed by atoms with Crippen LogP contribution in [-0.4, -0.2) is 33.3 Å². The first-order valence-electron chi connectivity index (χ1n) is 7.06. The summed E-state index contributed by atoms with van der Waals surface area (Å²) in [6, 6.07) is 5.80.